The number of ether oxygens (including phenoxy) is 1. The van der Waals surface area contributed by atoms with Crippen molar-refractivity contribution in [1.29, 1.82) is 0 Å². The topological polar surface area (TPSA) is 62.3 Å². The minimum atomic E-state index is 0.0739. The van der Waals surface area contributed by atoms with Crippen molar-refractivity contribution in [3.8, 4) is 5.88 Å². The number of halogens is 1. The first-order chi connectivity index (χ1) is 15.1. The Bertz CT molecular complexity index is 895. The number of aromatic nitrogens is 2. The van der Waals surface area contributed by atoms with E-state index in [-0.39, 0.29) is 5.41 Å². The summed E-state index contributed by atoms with van der Waals surface area (Å²) in [5.74, 6) is 1.88. The summed E-state index contributed by atoms with van der Waals surface area (Å²) in [6, 6.07) is 10.1. The van der Waals surface area contributed by atoms with Crippen LogP contribution in [0.5, 0.6) is 5.88 Å². The highest BCUT2D eigenvalue weighted by Crippen LogP contribution is 2.41. The lowest BCUT2D eigenvalue weighted by atomic mass is 9.79. The van der Waals surface area contributed by atoms with Gasteiger partial charge in [-0.15, -0.1) is 0 Å². The maximum absolute atomic E-state index is 6.10. The average molecular weight is 460 g/mol. The third-order valence-corrected chi connectivity index (χ3v) is 6.91. The highest BCUT2D eigenvalue weighted by Gasteiger charge is 2.35. The van der Waals surface area contributed by atoms with Gasteiger partial charge in [-0.1, -0.05) is 36.6 Å². The molecule has 0 spiro atoms. The normalized spacial score (nSPS) is 17.9. The van der Waals surface area contributed by atoms with Gasteiger partial charge in [-0.25, -0.2) is 0 Å². The number of hydrogen-bond acceptors (Lipinski definition) is 5. The summed E-state index contributed by atoms with van der Waals surface area (Å²) in [7, 11) is 1.62. The van der Waals surface area contributed by atoms with Crippen LogP contribution in [0.4, 0.5) is 11.8 Å². The van der Waals surface area contributed by atoms with Gasteiger partial charge in [0.2, 0.25) is 11.8 Å². The quantitative estimate of drug-likeness (QED) is 0.594. The van der Waals surface area contributed by atoms with Crippen molar-refractivity contribution < 1.29 is 4.74 Å². The van der Waals surface area contributed by atoms with E-state index in [0.29, 0.717) is 16.9 Å². The number of thiocarbonyl (C=S) groups is 1. The molecule has 1 saturated carbocycles. The molecule has 2 heterocycles. The van der Waals surface area contributed by atoms with E-state index < -0.39 is 0 Å². The standard InChI is InChI=1S/C23H30ClN5OS/c1-30-20-15-19(29-13-5-2-6-14-29)26-21(27-20)28-22(31)25-16-23(11-3-4-12-23)17-7-9-18(24)10-8-17/h7-10,15H,2-6,11-14,16H2,1H3,(H2,25,26,27,28,31). The van der Waals surface area contributed by atoms with Crippen LogP contribution >= 0.6 is 23.8 Å². The van der Waals surface area contributed by atoms with Crippen LogP contribution in [-0.4, -0.2) is 41.8 Å². The zero-order chi connectivity index (χ0) is 21.7. The molecular formula is C23H30ClN5OS. The maximum atomic E-state index is 6.10. The Balaban J connectivity index is 1.43. The first kappa shape index (κ1) is 22.1. The fourth-order valence-corrected chi connectivity index (χ4v) is 4.97. The molecule has 166 valence electrons. The monoisotopic (exact) mass is 459 g/mol. The lowest BCUT2D eigenvalue weighted by molar-refractivity contribution is 0.397. The van der Waals surface area contributed by atoms with E-state index in [1.54, 1.807) is 7.11 Å². The first-order valence-corrected chi connectivity index (χ1v) is 11.9. The summed E-state index contributed by atoms with van der Waals surface area (Å²) in [6.45, 7) is 2.78. The number of nitrogens with zero attached hydrogens (tertiary/aromatic N) is 3. The summed E-state index contributed by atoms with van der Waals surface area (Å²) in [5.41, 5.74) is 1.39. The molecular weight excluding hydrogens is 430 g/mol. The summed E-state index contributed by atoms with van der Waals surface area (Å²) in [4.78, 5) is 11.4. The number of methoxy groups -OCH3 is 1. The Labute approximate surface area is 194 Å². The minimum absolute atomic E-state index is 0.0739. The number of piperidine rings is 1. The lowest BCUT2D eigenvalue weighted by Crippen LogP contribution is -2.41. The Morgan fingerprint density at radius 1 is 1.10 bits per heavy atom. The molecule has 2 aromatic rings. The van der Waals surface area contributed by atoms with Crippen LogP contribution in [0.25, 0.3) is 0 Å². The van der Waals surface area contributed by atoms with Gasteiger partial charge in [0.15, 0.2) is 5.11 Å². The van der Waals surface area contributed by atoms with E-state index in [2.05, 4.69) is 32.7 Å². The van der Waals surface area contributed by atoms with Gasteiger partial charge in [0, 0.05) is 36.1 Å². The van der Waals surface area contributed by atoms with E-state index in [1.807, 2.05) is 18.2 Å². The summed E-state index contributed by atoms with van der Waals surface area (Å²) >= 11 is 11.7. The van der Waals surface area contributed by atoms with Crippen LogP contribution in [0.2, 0.25) is 5.02 Å². The molecule has 6 nitrogen and oxygen atoms in total. The molecule has 31 heavy (non-hydrogen) atoms. The molecule has 0 amide bonds. The first-order valence-electron chi connectivity index (χ1n) is 11.1. The predicted octanol–water partition coefficient (Wildman–Crippen LogP) is 4.93. The Morgan fingerprint density at radius 3 is 2.48 bits per heavy atom. The highest BCUT2D eigenvalue weighted by atomic mass is 35.5. The van der Waals surface area contributed by atoms with Crippen LogP contribution in [0.1, 0.15) is 50.5 Å². The summed E-state index contributed by atoms with van der Waals surface area (Å²) in [5, 5.41) is 7.88. The summed E-state index contributed by atoms with van der Waals surface area (Å²) in [6.07, 6.45) is 8.36. The minimum Gasteiger partial charge on any atom is -0.481 e. The van der Waals surface area contributed by atoms with Crippen LogP contribution in [0.3, 0.4) is 0 Å². The Morgan fingerprint density at radius 2 is 1.81 bits per heavy atom. The zero-order valence-electron chi connectivity index (χ0n) is 18.0. The molecule has 0 atom stereocenters. The predicted molar refractivity (Wildman–Crippen MR) is 130 cm³/mol. The molecule has 2 fully saturated rings. The molecule has 1 aliphatic carbocycles. The van der Waals surface area contributed by atoms with E-state index in [0.717, 1.165) is 43.3 Å². The third kappa shape index (κ3) is 5.39. The van der Waals surface area contributed by atoms with E-state index >= 15 is 0 Å². The fraction of sp³-hybridized carbons (Fsp3) is 0.522. The van der Waals surface area contributed by atoms with Crippen molar-refractivity contribution in [2.45, 2.75) is 50.4 Å². The van der Waals surface area contributed by atoms with Gasteiger partial charge in [0.25, 0.3) is 0 Å². The van der Waals surface area contributed by atoms with E-state index in [9.17, 15) is 0 Å². The second-order valence-electron chi connectivity index (χ2n) is 8.44. The van der Waals surface area contributed by atoms with Crippen molar-refractivity contribution in [3.05, 3.63) is 40.9 Å². The third-order valence-electron chi connectivity index (χ3n) is 6.41. The maximum Gasteiger partial charge on any atom is 0.234 e. The molecule has 0 bridgehead atoms. The van der Waals surface area contributed by atoms with Gasteiger partial charge in [-0.3, -0.25) is 0 Å². The van der Waals surface area contributed by atoms with Crippen LogP contribution in [0, 0.1) is 0 Å². The van der Waals surface area contributed by atoms with Crippen molar-refractivity contribution in [3.63, 3.8) is 0 Å². The van der Waals surface area contributed by atoms with Crippen LogP contribution < -0.4 is 20.3 Å². The van der Waals surface area contributed by atoms with Gasteiger partial charge in [0.1, 0.15) is 5.82 Å². The number of benzene rings is 1. The second kappa shape index (κ2) is 10.0. The molecule has 0 unspecified atom stereocenters. The fourth-order valence-electron chi connectivity index (χ4n) is 4.68. The van der Waals surface area contributed by atoms with Crippen molar-refractivity contribution in [2.24, 2.45) is 0 Å². The number of hydrogen-bond donors (Lipinski definition) is 2. The SMILES string of the molecule is COc1cc(N2CCCCC2)nc(NC(=S)NCC2(c3ccc(Cl)cc3)CCCC2)n1. The van der Waals surface area contributed by atoms with E-state index in [4.69, 9.17) is 33.5 Å². The van der Waals surface area contributed by atoms with Gasteiger partial charge < -0.3 is 20.3 Å². The molecule has 1 aromatic heterocycles. The Kier molecular flexibility index (Phi) is 7.13. The highest BCUT2D eigenvalue weighted by molar-refractivity contribution is 7.80. The van der Waals surface area contributed by atoms with Gasteiger partial charge >= 0.3 is 0 Å². The molecule has 1 saturated heterocycles. The van der Waals surface area contributed by atoms with Gasteiger partial charge in [-0.2, -0.15) is 9.97 Å². The van der Waals surface area contributed by atoms with Crippen molar-refractivity contribution >= 4 is 40.7 Å². The lowest BCUT2D eigenvalue weighted by Gasteiger charge is -2.31. The number of rotatable bonds is 6. The zero-order valence-corrected chi connectivity index (χ0v) is 19.6. The molecule has 1 aliphatic heterocycles. The molecule has 0 radical (unpaired) electrons. The van der Waals surface area contributed by atoms with Crippen LogP contribution in [-0.2, 0) is 5.41 Å². The molecule has 4 rings (SSSR count). The van der Waals surface area contributed by atoms with Crippen molar-refractivity contribution in [1.82, 2.24) is 15.3 Å². The van der Waals surface area contributed by atoms with Gasteiger partial charge in [0.05, 0.1) is 7.11 Å². The van der Waals surface area contributed by atoms with Crippen molar-refractivity contribution in [2.75, 3.05) is 37.0 Å². The molecule has 2 N–H and O–H groups in total. The summed E-state index contributed by atoms with van der Waals surface area (Å²) < 4.78 is 5.40. The van der Waals surface area contributed by atoms with E-state index in [1.165, 1.54) is 37.7 Å². The number of nitrogens with one attached hydrogen (secondary N) is 2. The molecule has 8 heteroatoms. The second-order valence-corrected chi connectivity index (χ2v) is 9.29. The molecule has 2 aliphatic rings. The largest absolute Gasteiger partial charge is 0.481 e. The Hall–Kier alpha value is -2.12. The van der Waals surface area contributed by atoms with Crippen LogP contribution in [0.15, 0.2) is 30.3 Å². The number of anilines is 2. The smallest absolute Gasteiger partial charge is 0.234 e. The molecule has 1 aromatic carbocycles. The average Bonchev–Trinajstić information content (AvgIpc) is 3.29. The van der Waals surface area contributed by atoms with Gasteiger partial charge in [-0.05, 0) is 62.0 Å².